The third-order valence-electron chi connectivity index (χ3n) is 3.64. The SMILES string of the molecule is CC(C)Oc1cccc(N(CC(=O)Nc2cccc(C(F)(F)F)c2)S(C)(=O)=O)c1. The second-order valence-electron chi connectivity index (χ2n) is 6.56. The number of rotatable bonds is 7. The fourth-order valence-electron chi connectivity index (χ4n) is 2.49. The highest BCUT2D eigenvalue weighted by Gasteiger charge is 2.30. The lowest BCUT2D eigenvalue weighted by atomic mass is 10.2. The van der Waals surface area contributed by atoms with Crippen molar-refractivity contribution in [3.05, 3.63) is 54.1 Å². The molecule has 0 saturated carbocycles. The van der Waals surface area contributed by atoms with Crippen LogP contribution in [0.1, 0.15) is 19.4 Å². The molecule has 0 saturated heterocycles. The molecule has 1 N–H and O–H groups in total. The van der Waals surface area contributed by atoms with E-state index < -0.39 is 34.2 Å². The highest BCUT2D eigenvalue weighted by Crippen LogP contribution is 2.30. The molecule has 0 atom stereocenters. The summed E-state index contributed by atoms with van der Waals surface area (Å²) in [4.78, 5) is 12.3. The molecule has 0 spiro atoms. The number of sulfonamides is 1. The summed E-state index contributed by atoms with van der Waals surface area (Å²) in [6.45, 7) is 3.01. The summed E-state index contributed by atoms with van der Waals surface area (Å²) < 4.78 is 69.2. The molecule has 0 unspecified atom stereocenters. The number of carbonyl (C=O) groups is 1. The number of benzene rings is 2. The van der Waals surface area contributed by atoms with E-state index in [0.29, 0.717) is 5.75 Å². The third kappa shape index (κ3) is 6.67. The van der Waals surface area contributed by atoms with Gasteiger partial charge in [-0.1, -0.05) is 12.1 Å². The van der Waals surface area contributed by atoms with Gasteiger partial charge in [0.1, 0.15) is 12.3 Å². The van der Waals surface area contributed by atoms with Crippen molar-refractivity contribution in [2.24, 2.45) is 0 Å². The summed E-state index contributed by atoms with van der Waals surface area (Å²) in [6.07, 6.45) is -3.77. The monoisotopic (exact) mass is 430 g/mol. The van der Waals surface area contributed by atoms with Crippen molar-refractivity contribution in [3.63, 3.8) is 0 Å². The molecule has 2 aromatic carbocycles. The summed E-state index contributed by atoms with van der Waals surface area (Å²) in [5, 5.41) is 2.30. The lowest BCUT2D eigenvalue weighted by Crippen LogP contribution is -2.37. The van der Waals surface area contributed by atoms with Crippen molar-refractivity contribution >= 4 is 27.3 Å². The number of nitrogens with zero attached hydrogens (tertiary/aromatic N) is 1. The first-order valence-electron chi connectivity index (χ1n) is 8.58. The maximum absolute atomic E-state index is 12.8. The zero-order chi connectivity index (χ0) is 21.8. The quantitative estimate of drug-likeness (QED) is 0.723. The first kappa shape index (κ1) is 22.5. The van der Waals surface area contributed by atoms with Crippen molar-refractivity contribution in [2.75, 3.05) is 22.4 Å². The molecule has 0 aliphatic heterocycles. The van der Waals surface area contributed by atoms with Crippen molar-refractivity contribution < 1.29 is 31.1 Å². The van der Waals surface area contributed by atoms with Gasteiger partial charge >= 0.3 is 6.18 Å². The van der Waals surface area contributed by atoms with Crippen LogP contribution in [0.4, 0.5) is 24.5 Å². The Morgan fingerprint density at radius 2 is 1.79 bits per heavy atom. The van der Waals surface area contributed by atoms with Crippen LogP contribution < -0.4 is 14.4 Å². The molecule has 0 radical (unpaired) electrons. The average Bonchev–Trinajstić information content (AvgIpc) is 2.58. The first-order valence-corrected chi connectivity index (χ1v) is 10.4. The highest BCUT2D eigenvalue weighted by molar-refractivity contribution is 7.92. The molecule has 6 nitrogen and oxygen atoms in total. The molecule has 0 aliphatic rings. The van der Waals surface area contributed by atoms with Gasteiger partial charge in [-0.2, -0.15) is 13.2 Å². The zero-order valence-electron chi connectivity index (χ0n) is 16.0. The summed E-state index contributed by atoms with van der Waals surface area (Å²) in [6, 6.07) is 10.3. The van der Waals surface area contributed by atoms with Gasteiger partial charge in [0.25, 0.3) is 0 Å². The Bertz CT molecular complexity index is 975. The van der Waals surface area contributed by atoms with E-state index in [1.807, 2.05) is 13.8 Å². The standard InChI is InChI=1S/C19H21F3N2O4S/c1-13(2)28-17-9-5-8-16(11-17)24(29(3,26)27)12-18(25)23-15-7-4-6-14(10-15)19(20,21)22/h4-11,13H,12H2,1-3H3,(H,23,25). The van der Waals surface area contributed by atoms with E-state index in [0.717, 1.165) is 28.8 Å². The number of ether oxygens (including phenoxy) is 1. The molecule has 158 valence electrons. The Balaban J connectivity index is 2.23. The summed E-state index contributed by atoms with van der Waals surface area (Å²) in [5.41, 5.74) is -0.811. The molecule has 0 fully saturated rings. The Hall–Kier alpha value is -2.75. The molecular weight excluding hydrogens is 409 g/mol. The molecule has 10 heteroatoms. The van der Waals surface area contributed by atoms with Crippen LogP contribution in [0.3, 0.4) is 0 Å². The molecule has 1 amide bonds. The Labute approximate surface area is 167 Å². The van der Waals surface area contributed by atoms with Gasteiger partial charge in [0.05, 0.1) is 23.6 Å². The van der Waals surface area contributed by atoms with Crippen LogP contribution in [0, 0.1) is 0 Å². The maximum Gasteiger partial charge on any atom is 0.416 e. The van der Waals surface area contributed by atoms with Crippen LogP contribution in [0.15, 0.2) is 48.5 Å². The van der Waals surface area contributed by atoms with Gasteiger partial charge in [0.2, 0.25) is 15.9 Å². The molecule has 2 rings (SSSR count). The summed E-state index contributed by atoms with van der Waals surface area (Å²) >= 11 is 0. The lowest BCUT2D eigenvalue weighted by molar-refractivity contribution is -0.137. The van der Waals surface area contributed by atoms with E-state index in [9.17, 15) is 26.4 Å². The number of amides is 1. The van der Waals surface area contributed by atoms with E-state index in [1.165, 1.54) is 18.2 Å². The molecular formula is C19H21F3N2O4S. The largest absolute Gasteiger partial charge is 0.491 e. The lowest BCUT2D eigenvalue weighted by Gasteiger charge is -2.23. The second kappa shape index (κ2) is 8.73. The maximum atomic E-state index is 12.8. The molecule has 0 aliphatic carbocycles. The van der Waals surface area contributed by atoms with Gasteiger partial charge < -0.3 is 10.1 Å². The van der Waals surface area contributed by atoms with Crippen LogP contribution in [-0.4, -0.2) is 33.2 Å². The number of halogens is 3. The van der Waals surface area contributed by atoms with Crippen molar-refractivity contribution in [1.29, 1.82) is 0 Å². The topological polar surface area (TPSA) is 75.7 Å². The van der Waals surface area contributed by atoms with Crippen LogP contribution in [-0.2, 0) is 21.0 Å². The minimum atomic E-state index is -4.56. The van der Waals surface area contributed by atoms with Crippen LogP contribution in [0.2, 0.25) is 0 Å². The smallest absolute Gasteiger partial charge is 0.416 e. The van der Waals surface area contributed by atoms with Gasteiger partial charge in [0.15, 0.2) is 0 Å². The summed E-state index contributed by atoms with van der Waals surface area (Å²) in [5.74, 6) is -0.366. The molecule has 29 heavy (non-hydrogen) atoms. The van der Waals surface area contributed by atoms with Gasteiger partial charge in [-0.05, 0) is 44.2 Å². The number of hydrogen-bond acceptors (Lipinski definition) is 4. The predicted molar refractivity (Wildman–Crippen MR) is 104 cm³/mol. The Kier molecular flexibility index (Phi) is 6.78. The van der Waals surface area contributed by atoms with Gasteiger partial charge in [-0.3, -0.25) is 9.10 Å². The van der Waals surface area contributed by atoms with E-state index >= 15 is 0 Å². The number of alkyl halides is 3. The Morgan fingerprint density at radius 3 is 2.38 bits per heavy atom. The van der Waals surface area contributed by atoms with E-state index in [-0.39, 0.29) is 17.5 Å². The van der Waals surface area contributed by atoms with Gasteiger partial charge in [-0.25, -0.2) is 8.42 Å². The van der Waals surface area contributed by atoms with E-state index in [1.54, 1.807) is 12.1 Å². The van der Waals surface area contributed by atoms with Crippen molar-refractivity contribution in [3.8, 4) is 5.75 Å². The predicted octanol–water partition coefficient (Wildman–Crippen LogP) is 3.90. The van der Waals surface area contributed by atoms with Crippen LogP contribution >= 0.6 is 0 Å². The number of carbonyl (C=O) groups excluding carboxylic acids is 1. The number of hydrogen-bond donors (Lipinski definition) is 1. The van der Waals surface area contributed by atoms with E-state index in [2.05, 4.69) is 5.32 Å². The minimum absolute atomic E-state index is 0.0878. The molecule has 2 aromatic rings. The molecule has 0 bridgehead atoms. The van der Waals surface area contributed by atoms with Crippen molar-refractivity contribution in [1.82, 2.24) is 0 Å². The van der Waals surface area contributed by atoms with Crippen LogP contribution in [0.25, 0.3) is 0 Å². The highest BCUT2D eigenvalue weighted by atomic mass is 32.2. The van der Waals surface area contributed by atoms with E-state index in [4.69, 9.17) is 4.74 Å². The Morgan fingerprint density at radius 1 is 1.14 bits per heavy atom. The third-order valence-corrected chi connectivity index (χ3v) is 4.78. The fraction of sp³-hybridized carbons (Fsp3) is 0.316. The summed E-state index contributed by atoms with van der Waals surface area (Å²) in [7, 11) is -3.85. The first-order chi connectivity index (χ1) is 13.4. The normalized spacial score (nSPS) is 12.0. The van der Waals surface area contributed by atoms with Crippen molar-refractivity contribution in [2.45, 2.75) is 26.1 Å². The minimum Gasteiger partial charge on any atom is -0.491 e. The van der Waals surface area contributed by atoms with Crippen LogP contribution in [0.5, 0.6) is 5.75 Å². The molecule has 0 aromatic heterocycles. The van der Waals surface area contributed by atoms with Gasteiger partial charge in [-0.15, -0.1) is 0 Å². The number of anilines is 2. The molecule has 0 heterocycles. The zero-order valence-corrected chi connectivity index (χ0v) is 16.8. The average molecular weight is 430 g/mol. The number of nitrogens with one attached hydrogen (secondary N) is 1. The second-order valence-corrected chi connectivity index (χ2v) is 8.47. The fourth-order valence-corrected chi connectivity index (χ4v) is 3.34. The van der Waals surface area contributed by atoms with Gasteiger partial charge in [0, 0.05) is 11.8 Å².